The molecule has 14 heteroatoms. The summed E-state index contributed by atoms with van der Waals surface area (Å²) in [5.74, 6) is -1.69. The fourth-order valence-corrected chi connectivity index (χ4v) is 8.12. The number of hydrogen-bond donors (Lipinski definition) is 2. The zero-order chi connectivity index (χ0) is 36.4. The molecule has 2 fully saturated rings. The summed E-state index contributed by atoms with van der Waals surface area (Å²) >= 11 is 1.44. The molecule has 0 spiro atoms. The van der Waals surface area contributed by atoms with Crippen molar-refractivity contribution in [3.05, 3.63) is 89.1 Å². The number of amides is 6. The lowest BCUT2D eigenvalue weighted by Crippen LogP contribution is -2.54. The van der Waals surface area contributed by atoms with E-state index in [4.69, 9.17) is 10.5 Å². The van der Waals surface area contributed by atoms with E-state index in [1.807, 2.05) is 29.3 Å². The van der Waals surface area contributed by atoms with Gasteiger partial charge in [-0.2, -0.15) is 5.10 Å². The van der Waals surface area contributed by atoms with Crippen LogP contribution in [0.3, 0.4) is 0 Å². The molecule has 6 amide bonds. The van der Waals surface area contributed by atoms with E-state index in [-0.39, 0.29) is 42.2 Å². The highest BCUT2D eigenvalue weighted by Gasteiger charge is 2.45. The molecule has 3 aliphatic heterocycles. The number of benzene rings is 3. The van der Waals surface area contributed by atoms with Crippen molar-refractivity contribution in [2.45, 2.75) is 55.4 Å². The number of nitrogens with one attached hydrogen (secondary N) is 1. The van der Waals surface area contributed by atoms with Gasteiger partial charge in [0, 0.05) is 54.3 Å². The summed E-state index contributed by atoms with van der Waals surface area (Å²) in [5, 5.41) is 7.64. The van der Waals surface area contributed by atoms with Gasteiger partial charge in [0.05, 0.1) is 35.4 Å². The van der Waals surface area contributed by atoms with Crippen LogP contribution in [-0.4, -0.2) is 93.1 Å². The molecule has 3 aliphatic rings. The molecule has 3 N–H and O–H groups in total. The summed E-state index contributed by atoms with van der Waals surface area (Å²) in [6.45, 7) is 2.11. The fraction of sp³-hybridized carbons (Fsp3) is 0.342. The van der Waals surface area contributed by atoms with Crippen molar-refractivity contribution in [2.24, 2.45) is 5.73 Å². The van der Waals surface area contributed by atoms with Gasteiger partial charge < -0.3 is 15.4 Å². The van der Waals surface area contributed by atoms with Gasteiger partial charge in [-0.3, -0.25) is 39.0 Å². The first-order valence-corrected chi connectivity index (χ1v) is 18.4. The molecule has 13 nitrogen and oxygen atoms in total. The van der Waals surface area contributed by atoms with Gasteiger partial charge in [0.15, 0.2) is 0 Å². The number of thioether (sulfide) groups is 1. The minimum atomic E-state index is -1.00. The van der Waals surface area contributed by atoms with E-state index >= 15 is 0 Å². The zero-order valence-electron chi connectivity index (χ0n) is 28.4. The zero-order valence-corrected chi connectivity index (χ0v) is 29.2. The first kappa shape index (κ1) is 35.1. The van der Waals surface area contributed by atoms with Crippen LogP contribution in [0.15, 0.2) is 71.8 Å². The molecule has 3 aromatic carbocycles. The Bertz CT molecular complexity index is 2080. The molecule has 2 atom stereocenters. The topological polar surface area (TPSA) is 174 Å². The number of piperidine rings is 2. The third-order valence-electron chi connectivity index (χ3n) is 9.79. The number of ether oxygens (including phenoxy) is 1. The summed E-state index contributed by atoms with van der Waals surface area (Å²) in [7, 11) is 0. The second-order valence-electron chi connectivity index (χ2n) is 13.1. The average molecular weight is 723 g/mol. The number of carbonyl (C=O) groups is 6. The smallest absolute Gasteiger partial charge is 0.263 e. The molecule has 0 bridgehead atoms. The Labute approximate surface area is 303 Å². The van der Waals surface area contributed by atoms with Crippen LogP contribution in [0.5, 0.6) is 0 Å². The molecule has 1 aromatic heterocycles. The number of fused-ring (bicyclic) bond motifs is 2. The Morgan fingerprint density at radius 2 is 1.77 bits per heavy atom. The molecule has 0 aliphatic carbocycles. The summed E-state index contributed by atoms with van der Waals surface area (Å²) in [6.07, 6.45) is 4.92. The Kier molecular flexibility index (Phi) is 10.2. The van der Waals surface area contributed by atoms with Crippen molar-refractivity contribution in [3.63, 3.8) is 0 Å². The van der Waals surface area contributed by atoms with Crippen molar-refractivity contribution in [1.29, 1.82) is 0 Å². The molecule has 7 rings (SSSR count). The maximum absolute atomic E-state index is 13.3. The highest BCUT2D eigenvalue weighted by molar-refractivity contribution is 7.99. The molecule has 268 valence electrons. The molecular weight excluding hydrogens is 685 g/mol. The van der Waals surface area contributed by atoms with Crippen molar-refractivity contribution < 1.29 is 33.5 Å². The van der Waals surface area contributed by atoms with Crippen LogP contribution in [0.25, 0.3) is 16.6 Å². The van der Waals surface area contributed by atoms with Crippen LogP contribution in [0.2, 0.25) is 0 Å². The second kappa shape index (κ2) is 15.1. The maximum Gasteiger partial charge on any atom is 0.263 e. The maximum atomic E-state index is 13.3. The van der Waals surface area contributed by atoms with Crippen LogP contribution >= 0.6 is 11.8 Å². The standard InChI is InChI=1S/C38H38N6O7S/c39-35(47)28-8-1-5-25-22-43(41-34(25)28)26-12-10-23(11-13-26)24-6-3-17-42(21-24)32(46)16-19-51-18-4-20-52-30-9-2-7-27-33(30)38(50)44(37(27)49)29-14-15-31(45)40-36(29)48/h1-2,5,7-13,22,24,29H,3-4,6,14-21H2,(H2,39,47)(H,40,45,48)/t24-,29?/m1/s1. The number of nitrogens with zero attached hydrogens (tertiary/aromatic N) is 4. The van der Waals surface area contributed by atoms with E-state index in [1.54, 1.807) is 35.0 Å². The van der Waals surface area contributed by atoms with Gasteiger partial charge in [-0.05, 0) is 61.6 Å². The van der Waals surface area contributed by atoms with Gasteiger partial charge in [0.1, 0.15) is 11.6 Å². The number of aromatic nitrogens is 2. The molecule has 52 heavy (non-hydrogen) atoms. The quantitative estimate of drug-likeness (QED) is 0.125. The monoisotopic (exact) mass is 722 g/mol. The molecule has 4 heterocycles. The van der Waals surface area contributed by atoms with Crippen molar-refractivity contribution in [1.82, 2.24) is 24.9 Å². The predicted octanol–water partition coefficient (Wildman–Crippen LogP) is 3.82. The average Bonchev–Trinajstić information content (AvgIpc) is 3.70. The van der Waals surface area contributed by atoms with E-state index in [9.17, 15) is 28.8 Å². The summed E-state index contributed by atoms with van der Waals surface area (Å²) in [5.41, 5.74) is 9.04. The first-order valence-electron chi connectivity index (χ1n) is 17.4. The van der Waals surface area contributed by atoms with Crippen LogP contribution in [0.4, 0.5) is 0 Å². The largest absolute Gasteiger partial charge is 0.381 e. The summed E-state index contributed by atoms with van der Waals surface area (Å²) in [6, 6.07) is 17.6. The van der Waals surface area contributed by atoms with Crippen molar-refractivity contribution in [2.75, 3.05) is 32.1 Å². The number of primary amides is 1. The van der Waals surface area contributed by atoms with Crippen LogP contribution < -0.4 is 11.1 Å². The van der Waals surface area contributed by atoms with E-state index in [1.165, 1.54) is 11.8 Å². The second-order valence-corrected chi connectivity index (χ2v) is 14.3. The lowest BCUT2D eigenvalue weighted by Gasteiger charge is -2.33. The van der Waals surface area contributed by atoms with Gasteiger partial charge in [-0.15, -0.1) is 11.8 Å². The summed E-state index contributed by atoms with van der Waals surface area (Å²) < 4.78 is 7.54. The third kappa shape index (κ3) is 7.08. The number of imide groups is 2. The highest BCUT2D eigenvalue weighted by Crippen LogP contribution is 2.35. The number of nitrogens with two attached hydrogens (primary N) is 1. The number of likely N-dealkylation sites (tertiary alicyclic amines) is 1. The van der Waals surface area contributed by atoms with Crippen molar-refractivity contribution >= 4 is 58.1 Å². The lowest BCUT2D eigenvalue weighted by atomic mass is 9.90. The van der Waals surface area contributed by atoms with Gasteiger partial charge in [0.25, 0.3) is 17.7 Å². The molecule has 4 aromatic rings. The number of carbonyl (C=O) groups excluding carboxylic acids is 6. The minimum Gasteiger partial charge on any atom is -0.381 e. The summed E-state index contributed by atoms with van der Waals surface area (Å²) in [4.78, 5) is 78.8. The molecule has 2 saturated heterocycles. The van der Waals surface area contributed by atoms with Gasteiger partial charge in [-0.25, -0.2) is 4.68 Å². The van der Waals surface area contributed by atoms with Crippen LogP contribution in [0.1, 0.15) is 81.1 Å². The van der Waals surface area contributed by atoms with Crippen LogP contribution in [-0.2, 0) is 19.1 Å². The predicted molar refractivity (Wildman–Crippen MR) is 192 cm³/mol. The lowest BCUT2D eigenvalue weighted by molar-refractivity contribution is -0.136. The van der Waals surface area contributed by atoms with Crippen LogP contribution in [0, 0.1) is 0 Å². The van der Waals surface area contributed by atoms with Crippen molar-refractivity contribution in [3.8, 4) is 5.69 Å². The highest BCUT2D eigenvalue weighted by atomic mass is 32.2. The number of hydrogen-bond acceptors (Lipinski definition) is 9. The Hall–Kier alpha value is -5.34. The SMILES string of the molecule is NC(=O)c1cccc2cn(-c3ccc([C@@H]4CCCN(C(=O)CCOCCCSc5cccc6c5C(=O)N(C5CCC(=O)NC5=O)C6=O)C4)cc3)nc12. The normalized spacial score (nSPS) is 18.9. The van der Waals surface area contributed by atoms with Gasteiger partial charge >= 0.3 is 0 Å². The molecule has 1 unspecified atom stereocenters. The van der Waals surface area contributed by atoms with Gasteiger partial charge in [0.2, 0.25) is 17.7 Å². The molecular formula is C38H38N6O7S. The minimum absolute atomic E-state index is 0.0628. The van der Waals surface area contributed by atoms with Gasteiger partial charge in [-0.1, -0.05) is 30.3 Å². The van der Waals surface area contributed by atoms with E-state index in [2.05, 4.69) is 22.5 Å². The van der Waals surface area contributed by atoms with E-state index < -0.39 is 35.6 Å². The fourth-order valence-electron chi connectivity index (χ4n) is 7.12. The molecule has 0 saturated carbocycles. The Balaban J connectivity index is 0.852. The molecule has 0 radical (unpaired) electrons. The first-order chi connectivity index (χ1) is 25.2. The van der Waals surface area contributed by atoms with E-state index in [0.29, 0.717) is 47.9 Å². The number of rotatable bonds is 12. The third-order valence-corrected chi connectivity index (χ3v) is 10.9. The van der Waals surface area contributed by atoms with E-state index in [0.717, 1.165) is 40.9 Å². The Morgan fingerprint density at radius 1 is 0.962 bits per heavy atom. The Morgan fingerprint density at radius 3 is 2.56 bits per heavy atom.